The van der Waals surface area contributed by atoms with Crippen LogP contribution < -0.4 is 4.90 Å². The predicted molar refractivity (Wildman–Crippen MR) is 88.9 cm³/mol. The third-order valence-corrected chi connectivity index (χ3v) is 3.71. The van der Waals surface area contributed by atoms with Gasteiger partial charge in [0.1, 0.15) is 0 Å². The van der Waals surface area contributed by atoms with E-state index in [0.717, 1.165) is 10.2 Å². The van der Waals surface area contributed by atoms with E-state index in [1.54, 1.807) is 38.2 Å². The maximum Gasteiger partial charge on any atom is 0.338 e. The lowest BCUT2D eigenvalue weighted by Gasteiger charge is -2.21. The van der Waals surface area contributed by atoms with E-state index in [4.69, 9.17) is 4.74 Å². The monoisotopic (exact) mass is 361 g/mol. The van der Waals surface area contributed by atoms with Gasteiger partial charge in [-0.1, -0.05) is 34.1 Å². The Balaban J connectivity index is 2.02. The van der Waals surface area contributed by atoms with Crippen LogP contribution in [-0.4, -0.2) is 25.0 Å². The maximum atomic E-state index is 12.3. The Morgan fingerprint density at radius 1 is 1.05 bits per heavy atom. The molecule has 2 aromatic carbocycles. The van der Waals surface area contributed by atoms with Gasteiger partial charge in [0.15, 0.2) is 6.10 Å². The highest BCUT2D eigenvalue weighted by Crippen LogP contribution is 2.15. The van der Waals surface area contributed by atoms with Crippen molar-refractivity contribution in [3.8, 4) is 0 Å². The molecule has 2 aromatic rings. The first kappa shape index (κ1) is 16.2. The highest BCUT2D eigenvalue weighted by Gasteiger charge is 2.22. The Labute approximate surface area is 137 Å². The van der Waals surface area contributed by atoms with Gasteiger partial charge >= 0.3 is 5.97 Å². The van der Waals surface area contributed by atoms with Crippen LogP contribution >= 0.6 is 15.9 Å². The van der Waals surface area contributed by atoms with E-state index < -0.39 is 12.1 Å². The number of para-hydroxylation sites is 1. The molecule has 1 atom stereocenters. The molecular formula is C17H16BrNO3. The molecule has 22 heavy (non-hydrogen) atoms. The Hall–Kier alpha value is -2.14. The molecule has 2 rings (SSSR count). The number of hydrogen-bond acceptors (Lipinski definition) is 3. The van der Waals surface area contributed by atoms with E-state index in [2.05, 4.69) is 15.9 Å². The van der Waals surface area contributed by atoms with Gasteiger partial charge in [0, 0.05) is 17.2 Å². The van der Waals surface area contributed by atoms with E-state index in [1.807, 2.05) is 30.3 Å². The third-order valence-electron chi connectivity index (χ3n) is 3.19. The first-order valence-corrected chi connectivity index (χ1v) is 7.57. The van der Waals surface area contributed by atoms with Crippen LogP contribution in [0, 0.1) is 0 Å². The molecule has 114 valence electrons. The van der Waals surface area contributed by atoms with Gasteiger partial charge in [-0.15, -0.1) is 0 Å². The lowest BCUT2D eigenvalue weighted by molar-refractivity contribution is -0.126. The molecule has 4 nitrogen and oxygen atoms in total. The molecule has 0 saturated heterocycles. The van der Waals surface area contributed by atoms with Gasteiger partial charge in [-0.05, 0) is 43.3 Å². The molecule has 1 unspecified atom stereocenters. The van der Waals surface area contributed by atoms with E-state index in [0.29, 0.717) is 5.56 Å². The second-order valence-electron chi connectivity index (χ2n) is 4.79. The number of amides is 1. The van der Waals surface area contributed by atoms with Gasteiger partial charge in [-0.25, -0.2) is 4.79 Å². The van der Waals surface area contributed by atoms with Crippen LogP contribution in [0.2, 0.25) is 0 Å². The van der Waals surface area contributed by atoms with Crippen molar-refractivity contribution in [2.45, 2.75) is 13.0 Å². The zero-order valence-corrected chi connectivity index (χ0v) is 13.9. The third kappa shape index (κ3) is 3.95. The van der Waals surface area contributed by atoms with E-state index in [1.165, 1.54) is 4.90 Å². The van der Waals surface area contributed by atoms with Gasteiger partial charge in [0.2, 0.25) is 0 Å². The molecule has 0 bridgehead atoms. The van der Waals surface area contributed by atoms with E-state index in [-0.39, 0.29) is 5.91 Å². The average molecular weight is 362 g/mol. The van der Waals surface area contributed by atoms with Gasteiger partial charge in [0.05, 0.1) is 5.56 Å². The number of ether oxygens (including phenoxy) is 1. The average Bonchev–Trinajstić information content (AvgIpc) is 2.54. The normalized spacial score (nSPS) is 11.6. The van der Waals surface area contributed by atoms with Crippen molar-refractivity contribution in [2.24, 2.45) is 0 Å². The zero-order valence-electron chi connectivity index (χ0n) is 12.3. The van der Waals surface area contributed by atoms with Crippen LogP contribution in [0.4, 0.5) is 5.69 Å². The van der Waals surface area contributed by atoms with Crippen molar-refractivity contribution in [3.05, 3.63) is 64.6 Å². The number of carbonyl (C=O) groups excluding carboxylic acids is 2. The molecule has 0 aliphatic heterocycles. The van der Waals surface area contributed by atoms with Crippen molar-refractivity contribution in [2.75, 3.05) is 11.9 Å². The lowest BCUT2D eigenvalue weighted by atomic mass is 10.2. The van der Waals surface area contributed by atoms with E-state index >= 15 is 0 Å². The second-order valence-corrected chi connectivity index (χ2v) is 5.70. The fourth-order valence-corrected chi connectivity index (χ4v) is 2.18. The number of hydrogen-bond donors (Lipinski definition) is 0. The smallest absolute Gasteiger partial charge is 0.338 e. The van der Waals surface area contributed by atoms with Crippen LogP contribution in [0.3, 0.4) is 0 Å². The minimum atomic E-state index is -0.860. The summed E-state index contributed by atoms with van der Waals surface area (Å²) in [5.74, 6) is -0.800. The Morgan fingerprint density at radius 3 is 2.23 bits per heavy atom. The van der Waals surface area contributed by atoms with E-state index in [9.17, 15) is 9.59 Å². The number of nitrogens with zero attached hydrogens (tertiary/aromatic N) is 1. The molecule has 0 aliphatic rings. The minimum absolute atomic E-state index is 0.281. The molecule has 0 heterocycles. The zero-order chi connectivity index (χ0) is 16.1. The molecule has 0 spiro atoms. The highest BCUT2D eigenvalue weighted by atomic mass is 79.9. The summed E-state index contributed by atoms with van der Waals surface area (Å²) >= 11 is 3.30. The van der Waals surface area contributed by atoms with Crippen LogP contribution in [0.15, 0.2) is 59.1 Å². The molecule has 0 aromatic heterocycles. The van der Waals surface area contributed by atoms with Gasteiger partial charge < -0.3 is 9.64 Å². The van der Waals surface area contributed by atoms with Gasteiger partial charge in [0.25, 0.3) is 5.91 Å². The highest BCUT2D eigenvalue weighted by molar-refractivity contribution is 9.10. The number of rotatable bonds is 4. The Morgan fingerprint density at radius 2 is 1.64 bits per heavy atom. The predicted octanol–water partition coefficient (Wildman–Crippen LogP) is 3.66. The fourth-order valence-electron chi connectivity index (χ4n) is 1.92. The second kappa shape index (κ2) is 7.22. The molecule has 0 aliphatic carbocycles. The molecule has 0 N–H and O–H groups in total. The molecule has 0 saturated carbocycles. The van der Waals surface area contributed by atoms with Crippen LogP contribution in [-0.2, 0) is 9.53 Å². The topological polar surface area (TPSA) is 46.6 Å². The maximum absolute atomic E-state index is 12.3. The summed E-state index contributed by atoms with van der Waals surface area (Å²) in [6, 6.07) is 16.0. The molecular weight excluding hydrogens is 346 g/mol. The molecule has 1 amide bonds. The number of anilines is 1. The number of esters is 1. The molecule has 0 fully saturated rings. The van der Waals surface area contributed by atoms with Crippen molar-refractivity contribution < 1.29 is 14.3 Å². The van der Waals surface area contributed by atoms with Crippen molar-refractivity contribution in [1.29, 1.82) is 0 Å². The van der Waals surface area contributed by atoms with Crippen molar-refractivity contribution in [3.63, 3.8) is 0 Å². The first-order valence-electron chi connectivity index (χ1n) is 6.78. The van der Waals surface area contributed by atoms with Crippen LogP contribution in [0.5, 0.6) is 0 Å². The van der Waals surface area contributed by atoms with Gasteiger partial charge in [-0.2, -0.15) is 0 Å². The fraction of sp³-hybridized carbons (Fsp3) is 0.176. The molecule has 5 heteroatoms. The number of halogens is 1. The largest absolute Gasteiger partial charge is 0.449 e. The summed E-state index contributed by atoms with van der Waals surface area (Å²) in [5, 5.41) is 0. The standard InChI is InChI=1S/C17H16BrNO3/c1-12(16(20)19(2)15-6-4-3-5-7-15)22-17(21)13-8-10-14(18)11-9-13/h3-12H,1-2H3. The minimum Gasteiger partial charge on any atom is -0.449 e. The quantitative estimate of drug-likeness (QED) is 0.780. The Kier molecular flexibility index (Phi) is 5.33. The SMILES string of the molecule is CC(OC(=O)c1ccc(Br)cc1)C(=O)N(C)c1ccccc1. The van der Waals surface area contributed by atoms with Crippen LogP contribution in [0.1, 0.15) is 17.3 Å². The van der Waals surface area contributed by atoms with Crippen molar-refractivity contribution in [1.82, 2.24) is 0 Å². The van der Waals surface area contributed by atoms with Gasteiger partial charge in [-0.3, -0.25) is 4.79 Å². The summed E-state index contributed by atoms with van der Waals surface area (Å²) in [6.07, 6.45) is -0.860. The summed E-state index contributed by atoms with van der Waals surface area (Å²) in [4.78, 5) is 25.8. The molecule has 0 radical (unpaired) electrons. The number of benzene rings is 2. The number of carbonyl (C=O) groups is 2. The summed E-state index contributed by atoms with van der Waals surface area (Å²) < 4.78 is 6.11. The van der Waals surface area contributed by atoms with Crippen LogP contribution in [0.25, 0.3) is 0 Å². The van der Waals surface area contributed by atoms with Crippen molar-refractivity contribution >= 4 is 33.5 Å². The summed E-state index contributed by atoms with van der Waals surface area (Å²) in [6.45, 7) is 1.57. The Bertz CT molecular complexity index is 655. The summed E-state index contributed by atoms with van der Waals surface area (Å²) in [7, 11) is 1.65. The number of likely N-dealkylation sites (N-methyl/N-ethyl adjacent to an activating group) is 1. The first-order chi connectivity index (χ1) is 10.5. The summed E-state index contributed by atoms with van der Waals surface area (Å²) in [5.41, 5.74) is 1.16. The lowest BCUT2D eigenvalue weighted by Crippen LogP contribution is -2.37.